The molecule has 1 aliphatic carbocycles. The Morgan fingerprint density at radius 2 is 1.94 bits per heavy atom. The highest BCUT2D eigenvalue weighted by Gasteiger charge is 2.23. The van der Waals surface area contributed by atoms with Crippen LogP contribution in [0.2, 0.25) is 0 Å². The lowest BCUT2D eigenvalue weighted by atomic mass is 9.95. The van der Waals surface area contributed by atoms with Crippen molar-refractivity contribution in [3.05, 3.63) is 0 Å². The fraction of sp³-hybridized carbons (Fsp3) is 0.929. The smallest absolute Gasteiger partial charge is 0.308 e. The first kappa shape index (κ1) is 14.5. The molecule has 0 saturated heterocycles. The molecule has 0 aromatic rings. The minimum atomic E-state index is -0.660. The minimum absolute atomic E-state index is 0.210. The van der Waals surface area contributed by atoms with Gasteiger partial charge in [0.15, 0.2) is 0 Å². The fourth-order valence-electron chi connectivity index (χ4n) is 2.70. The molecule has 0 aromatic carbocycles. The van der Waals surface area contributed by atoms with Crippen molar-refractivity contribution in [1.82, 2.24) is 4.90 Å². The summed E-state index contributed by atoms with van der Waals surface area (Å²) in [6.07, 6.45) is 6.76. The maximum atomic E-state index is 11.1. The average molecular weight is 241 g/mol. The van der Waals surface area contributed by atoms with E-state index in [2.05, 4.69) is 4.90 Å². The predicted molar refractivity (Wildman–Crippen MR) is 70.0 cm³/mol. The van der Waals surface area contributed by atoms with E-state index in [1.807, 2.05) is 20.9 Å². The van der Waals surface area contributed by atoms with Gasteiger partial charge in [-0.05, 0) is 31.8 Å². The van der Waals surface area contributed by atoms with Gasteiger partial charge in [0.25, 0.3) is 0 Å². The molecule has 0 aliphatic heterocycles. The first-order valence-corrected chi connectivity index (χ1v) is 6.92. The lowest BCUT2D eigenvalue weighted by molar-refractivity contribution is -0.143. The number of carboxylic acids is 1. The molecule has 0 bridgehead atoms. The second-order valence-corrected chi connectivity index (χ2v) is 5.89. The first-order valence-electron chi connectivity index (χ1n) is 6.92. The Morgan fingerprint density at radius 3 is 2.41 bits per heavy atom. The largest absolute Gasteiger partial charge is 0.481 e. The van der Waals surface area contributed by atoms with Gasteiger partial charge in [0, 0.05) is 6.54 Å². The van der Waals surface area contributed by atoms with Crippen LogP contribution in [0.15, 0.2) is 0 Å². The molecule has 0 radical (unpaired) electrons. The molecule has 1 aliphatic rings. The van der Waals surface area contributed by atoms with E-state index in [-0.39, 0.29) is 11.8 Å². The Hall–Kier alpha value is -0.570. The van der Waals surface area contributed by atoms with Crippen molar-refractivity contribution in [3.8, 4) is 0 Å². The van der Waals surface area contributed by atoms with Crippen LogP contribution in [0.4, 0.5) is 0 Å². The van der Waals surface area contributed by atoms with Crippen molar-refractivity contribution in [1.29, 1.82) is 0 Å². The van der Waals surface area contributed by atoms with E-state index >= 15 is 0 Å². The summed E-state index contributed by atoms with van der Waals surface area (Å²) in [6.45, 7) is 5.70. The zero-order chi connectivity index (χ0) is 12.8. The monoisotopic (exact) mass is 241 g/mol. The molecule has 1 rings (SSSR count). The summed E-state index contributed by atoms with van der Waals surface area (Å²) in [5.41, 5.74) is 0. The summed E-state index contributed by atoms with van der Waals surface area (Å²) < 4.78 is 0. The van der Waals surface area contributed by atoms with E-state index in [0.29, 0.717) is 6.54 Å². The zero-order valence-corrected chi connectivity index (χ0v) is 11.5. The van der Waals surface area contributed by atoms with E-state index in [4.69, 9.17) is 5.11 Å². The summed E-state index contributed by atoms with van der Waals surface area (Å²) in [7, 11) is 2.05. The van der Waals surface area contributed by atoms with E-state index in [0.717, 1.165) is 12.5 Å². The predicted octanol–water partition coefficient (Wildman–Crippen LogP) is 2.86. The number of nitrogens with zero attached hydrogens (tertiary/aromatic N) is 1. The molecule has 1 unspecified atom stereocenters. The first-order chi connectivity index (χ1) is 8.00. The van der Waals surface area contributed by atoms with Gasteiger partial charge in [0.05, 0.1) is 5.92 Å². The van der Waals surface area contributed by atoms with Gasteiger partial charge in [-0.3, -0.25) is 4.79 Å². The summed E-state index contributed by atoms with van der Waals surface area (Å²) in [5.74, 6) is 0.206. The number of rotatable bonds is 7. The second kappa shape index (κ2) is 7.00. The van der Waals surface area contributed by atoms with Crippen LogP contribution in [0.5, 0.6) is 0 Å². The van der Waals surface area contributed by atoms with Gasteiger partial charge in [-0.15, -0.1) is 0 Å². The highest BCUT2D eigenvalue weighted by Crippen LogP contribution is 2.27. The molecule has 100 valence electrons. The van der Waals surface area contributed by atoms with Gasteiger partial charge in [0.1, 0.15) is 0 Å². The molecule has 0 amide bonds. The van der Waals surface area contributed by atoms with Gasteiger partial charge in [-0.2, -0.15) is 0 Å². The Balaban J connectivity index is 2.26. The molecule has 1 N–H and O–H groups in total. The van der Waals surface area contributed by atoms with E-state index in [9.17, 15) is 4.79 Å². The van der Waals surface area contributed by atoms with Crippen LogP contribution < -0.4 is 0 Å². The summed E-state index contributed by atoms with van der Waals surface area (Å²) in [4.78, 5) is 13.3. The topological polar surface area (TPSA) is 40.5 Å². The Bertz CT molecular complexity index is 234. The van der Waals surface area contributed by atoms with Crippen molar-refractivity contribution in [2.24, 2.45) is 17.8 Å². The molecule has 0 aromatic heterocycles. The third-order valence-electron chi connectivity index (χ3n) is 4.02. The van der Waals surface area contributed by atoms with Gasteiger partial charge in [-0.25, -0.2) is 0 Å². The summed E-state index contributed by atoms with van der Waals surface area (Å²) in [6, 6.07) is 0. The maximum Gasteiger partial charge on any atom is 0.308 e. The van der Waals surface area contributed by atoms with Crippen LogP contribution in [0.25, 0.3) is 0 Å². The molecule has 0 spiro atoms. The van der Waals surface area contributed by atoms with Gasteiger partial charge in [-0.1, -0.05) is 39.5 Å². The molecule has 1 fully saturated rings. The Morgan fingerprint density at radius 1 is 1.35 bits per heavy atom. The van der Waals surface area contributed by atoms with Crippen molar-refractivity contribution in [3.63, 3.8) is 0 Å². The highest BCUT2D eigenvalue weighted by atomic mass is 16.4. The maximum absolute atomic E-state index is 11.1. The van der Waals surface area contributed by atoms with Crippen LogP contribution in [-0.2, 0) is 4.79 Å². The van der Waals surface area contributed by atoms with E-state index < -0.39 is 5.97 Å². The molecule has 1 atom stereocenters. The second-order valence-electron chi connectivity index (χ2n) is 5.89. The number of hydrogen-bond donors (Lipinski definition) is 1. The third kappa shape index (κ3) is 5.07. The SMILES string of the molecule is CC(C)C(CN(C)CCC1CCCC1)C(=O)O. The van der Waals surface area contributed by atoms with Gasteiger partial charge >= 0.3 is 5.97 Å². The van der Waals surface area contributed by atoms with E-state index in [1.54, 1.807) is 0 Å². The standard InChI is InChI=1S/C14H27NO2/c1-11(2)13(14(16)17)10-15(3)9-8-12-6-4-5-7-12/h11-13H,4-10H2,1-3H3,(H,16,17). The van der Waals surface area contributed by atoms with E-state index in [1.165, 1.54) is 32.1 Å². The highest BCUT2D eigenvalue weighted by molar-refractivity contribution is 5.70. The van der Waals surface area contributed by atoms with Crippen molar-refractivity contribution < 1.29 is 9.90 Å². The van der Waals surface area contributed by atoms with Crippen LogP contribution in [0.3, 0.4) is 0 Å². The lowest BCUT2D eigenvalue weighted by Gasteiger charge is -2.24. The quantitative estimate of drug-likeness (QED) is 0.745. The van der Waals surface area contributed by atoms with Gasteiger partial charge in [0.2, 0.25) is 0 Å². The van der Waals surface area contributed by atoms with Gasteiger partial charge < -0.3 is 10.0 Å². The average Bonchev–Trinajstić information content (AvgIpc) is 2.74. The number of carbonyl (C=O) groups is 1. The summed E-state index contributed by atoms with van der Waals surface area (Å²) >= 11 is 0. The molecular formula is C14H27NO2. The minimum Gasteiger partial charge on any atom is -0.481 e. The molecule has 17 heavy (non-hydrogen) atoms. The Labute approximate surface area is 105 Å². The van der Waals surface area contributed by atoms with Crippen LogP contribution >= 0.6 is 0 Å². The lowest BCUT2D eigenvalue weighted by Crippen LogP contribution is -2.34. The zero-order valence-electron chi connectivity index (χ0n) is 11.5. The molecule has 3 nitrogen and oxygen atoms in total. The molecular weight excluding hydrogens is 214 g/mol. The van der Waals surface area contributed by atoms with Crippen LogP contribution in [0, 0.1) is 17.8 Å². The molecule has 1 saturated carbocycles. The molecule has 0 heterocycles. The fourth-order valence-corrected chi connectivity index (χ4v) is 2.70. The normalized spacial score (nSPS) is 19.1. The third-order valence-corrected chi connectivity index (χ3v) is 4.02. The van der Waals surface area contributed by atoms with Crippen molar-refractivity contribution in [2.75, 3.05) is 20.1 Å². The Kier molecular flexibility index (Phi) is 5.96. The molecule has 3 heteroatoms. The van der Waals surface area contributed by atoms with Crippen LogP contribution in [-0.4, -0.2) is 36.1 Å². The summed E-state index contributed by atoms with van der Waals surface area (Å²) in [5, 5.41) is 9.15. The number of carboxylic acid groups (broad SMARTS) is 1. The number of hydrogen-bond acceptors (Lipinski definition) is 2. The number of aliphatic carboxylic acids is 1. The van der Waals surface area contributed by atoms with Crippen molar-refractivity contribution >= 4 is 5.97 Å². The van der Waals surface area contributed by atoms with Crippen LogP contribution in [0.1, 0.15) is 46.0 Å². The van der Waals surface area contributed by atoms with Crippen molar-refractivity contribution in [2.45, 2.75) is 46.0 Å².